The second-order valence-corrected chi connectivity index (χ2v) is 7.12. The Kier molecular flexibility index (Phi) is 4.94. The van der Waals surface area contributed by atoms with Gasteiger partial charge in [0.1, 0.15) is 5.75 Å². The highest BCUT2D eigenvalue weighted by molar-refractivity contribution is 5.93. The van der Waals surface area contributed by atoms with Crippen LogP contribution in [0.25, 0.3) is 0 Å². The topological polar surface area (TPSA) is 70.6 Å². The monoisotopic (exact) mass is 367 g/mol. The van der Waals surface area contributed by atoms with E-state index in [-0.39, 0.29) is 11.9 Å². The molecule has 0 unspecified atom stereocenters. The molecule has 1 saturated heterocycles. The molecular weight excluding hydrogens is 342 g/mol. The zero-order valence-electron chi connectivity index (χ0n) is 15.8. The summed E-state index contributed by atoms with van der Waals surface area (Å²) in [5, 5.41) is 3.33. The number of nitrogens with zero attached hydrogens (tertiary/aromatic N) is 4. The number of carbonyl (C=O) groups is 1. The van der Waals surface area contributed by atoms with Gasteiger partial charge in [0.25, 0.3) is 5.91 Å². The maximum absolute atomic E-state index is 12.7. The van der Waals surface area contributed by atoms with Gasteiger partial charge >= 0.3 is 0 Å². The van der Waals surface area contributed by atoms with E-state index in [9.17, 15) is 4.79 Å². The summed E-state index contributed by atoms with van der Waals surface area (Å²) in [7, 11) is 3.56. The van der Waals surface area contributed by atoms with Crippen LogP contribution in [0.4, 0.5) is 5.95 Å². The van der Waals surface area contributed by atoms with Crippen molar-refractivity contribution in [2.24, 2.45) is 0 Å². The molecule has 0 atom stereocenters. The lowest BCUT2D eigenvalue weighted by atomic mass is 10.0. The number of benzene rings is 1. The van der Waals surface area contributed by atoms with Gasteiger partial charge in [-0.3, -0.25) is 4.79 Å². The minimum atomic E-state index is -0.0140. The van der Waals surface area contributed by atoms with Crippen LogP contribution in [0.3, 0.4) is 0 Å². The van der Waals surface area contributed by atoms with Crippen LogP contribution >= 0.6 is 0 Å². The molecule has 0 spiro atoms. The molecule has 2 aliphatic heterocycles. The van der Waals surface area contributed by atoms with Crippen LogP contribution in [0.1, 0.15) is 34.3 Å². The van der Waals surface area contributed by atoms with Gasteiger partial charge in [-0.15, -0.1) is 0 Å². The first-order valence-electron chi connectivity index (χ1n) is 9.37. The van der Waals surface area contributed by atoms with Crippen molar-refractivity contribution in [2.75, 3.05) is 32.1 Å². The van der Waals surface area contributed by atoms with E-state index in [1.165, 1.54) is 11.1 Å². The molecule has 7 nitrogen and oxygen atoms in total. The van der Waals surface area contributed by atoms with Crippen LogP contribution < -0.4 is 15.0 Å². The van der Waals surface area contributed by atoms with Crippen LogP contribution in [0.5, 0.6) is 5.75 Å². The van der Waals surface area contributed by atoms with Crippen LogP contribution in [-0.2, 0) is 13.1 Å². The summed E-state index contributed by atoms with van der Waals surface area (Å²) in [6.45, 7) is 3.36. The number of hydrogen-bond donors (Lipinski definition) is 1. The Morgan fingerprint density at radius 3 is 2.67 bits per heavy atom. The molecule has 4 rings (SSSR count). The zero-order chi connectivity index (χ0) is 18.8. The molecule has 3 heterocycles. The van der Waals surface area contributed by atoms with Gasteiger partial charge in [-0.1, -0.05) is 12.1 Å². The van der Waals surface area contributed by atoms with Crippen LogP contribution in [-0.4, -0.2) is 54.1 Å². The van der Waals surface area contributed by atoms with Crippen molar-refractivity contribution in [3.8, 4) is 5.75 Å². The molecule has 142 valence electrons. The Morgan fingerprint density at radius 2 is 1.96 bits per heavy atom. The molecule has 1 fully saturated rings. The SMILES string of the molecule is COc1cccc2c1CN(c1ncc(C(=O)N(C)C3CCNCC3)cn1)C2. The van der Waals surface area contributed by atoms with E-state index >= 15 is 0 Å². The van der Waals surface area contributed by atoms with Crippen LogP contribution in [0.2, 0.25) is 0 Å². The van der Waals surface area contributed by atoms with Gasteiger partial charge in [0, 0.05) is 37.6 Å². The molecule has 27 heavy (non-hydrogen) atoms. The van der Waals surface area contributed by atoms with E-state index in [4.69, 9.17) is 4.74 Å². The largest absolute Gasteiger partial charge is 0.496 e. The highest BCUT2D eigenvalue weighted by Gasteiger charge is 2.26. The smallest absolute Gasteiger partial charge is 0.256 e. The summed E-state index contributed by atoms with van der Waals surface area (Å²) >= 11 is 0. The van der Waals surface area contributed by atoms with Crippen LogP contribution in [0.15, 0.2) is 30.6 Å². The lowest BCUT2D eigenvalue weighted by Crippen LogP contribution is -2.44. The molecule has 0 bridgehead atoms. The Morgan fingerprint density at radius 1 is 1.22 bits per heavy atom. The van der Waals surface area contributed by atoms with E-state index < -0.39 is 0 Å². The number of methoxy groups -OCH3 is 1. The highest BCUT2D eigenvalue weighted by atomic mass is 16.5. The number of ether oxygens (including phenoxy) is 1. The number of rotatable bonds is 4. The van der Waals surface area contributed by atoms with Crippen LogP contribution in [0, 0.1) is 0 Å². The predicted molar refractivity (Wildman–Crippen MR) is 103 cm³/mol. The Hall–Kier alpha value is -2.67. The number of fused-ring (bicyclic) bond motifs is 1. The fourth-order valence-corrected chi connectivity index (χ4v) is 3.88. The fourth-order valence-electron chi connectivity index (χ4n) is 3.88. The molecule has 7 heteroatoms. The van der Waals surface area contributed by atoms with Crippen molar-refractivity contribution in [3.63, 3.8) is 0 Å². The third-order valence-electron chi connectivity index (χ3n) is 5.50. The van der Waals surface area contributed by atoms with Gasteiger partial charge in [-0.25, -0.2) is 9.97 Å². The van der Waals surface area contributed by atoms with Gasteiger partial charge in [-0.2, -0.15) is 0 Å². The molecule has 2 aliphatic rings. The molecule has 0 radical (unpaired) electrons. The van der Waals surface area contributed by atoms with E-state index in [0.717, 1.165) is 38.2 Å². The van der Waals surface area contributed by atoms with Gasteiger partial charge < -0.3 is 19.9 Å². The first-order valence-corrected chi connectivity index (χ1v) is 9.37. The second-order valence-electron chi connectivity index (χ2n) is 7.12. The summed E-state index contributed by atoms with van der Waals surface area (Å²) in [4.78, 5) is 25.6. The van der Waals surface area contributed by atoms with Crippen molar-refractivity contribution in [1.82, 2.24) is 20.2 Å². The number of nitrogens with one attached hydrogen (secondary N) is 1. The quantitative estimate of drug-likeness (QED) is 0.889. The number of aromatic nitrogens is 2. The van der Waals surface area contributed by atoms with E-state index in [2.05, 4.69) is 26.3 Å². The predicted octanol–water partition coefficient (Wildman–Crippen LogP) is 1.83. The van der Waals surface area contributed by atoms with Gasteiger partial charge in [0.15, 0.2) is 0 Å². The first kappa shape index (κ1) is 17.7. The number of hydrogen-bond acceptors (Lipinski definition) is 6. The third-order valence-corrected chi connectivity index (χ3v) is 5.50. The first-order chi connectivity index (χ1) is 13.2. The Bertz CT molecular complexity index is 818. The number of piperidine rings is 1. The maximum Gasteiger partial charge on any atom is 0.256 e. The summed E-state index contributed by atoms with van der Waals surface area (Å²) in [6.07, 6.45) is 5.25. The molecule has 1 N–H and O–H groups in total. The molecular formula is C20H25N5O2. The highest BCUT2D eigenvalue weighted by Crippen LogP contribution is 2.32. The van der Waals surface area contributed by atoms with Gasteiger partial charge in [-0.05, 0) is 37.6 Å². The summed E-state index contributed by atoms with van der Waals surface area (Å²) in [5.74, 6) is 1.51. The fraction of sp³-hybridized carbons (Fsp3) is 0.450. The average Bonchev–Trinajstić information content (AvgIpc) is 3.18. The lowest BCUT2D eigenvalue weighted by Gasteiger charge is -2.31. The zero-order valence-corrected chi connectivity index (χ0v) is 15.8. The average molecular weight is 367 g/mol. The van der Waals surface area contributed by atoms with E-state index in [0.29, 0.717) is 18.1 Å². The third kappa shape index (κ3) is 3.47. The molecule has 1 aromatic heterocycles. The number of carbonyl (C=O) groups excluding carboxylic acids is 1. The summed E-state index contributed by atoms with van der Waals surface area (Å²) in [6, 6.07) is 6.35. The van der Waals surface area contributed by atoms with E-state index in [1.807, 2.05) is 24.1 Å². The standard InChI is InChI=1S/C20H25N5O2/c1-24(16-6-8-21-9-7-16)19(26)15-10-22-20(23-11-15)25-12-14-4-3-5-18(27-2)17(14)13-25/h3-5,10-11,16,21H,6-9,12-13H2,1-2H3. The summed E-state index contributed by atoms with van der Waals surface area (Å²) in [5.41, 5.74) is 2.94. The lowest BCUT2D eigenvalue weighted by molar-refractivity contribution is 0.0702. The molecule has 1 aromatic carbocycles. The van der Waals surface area contributed by atoms with Gasteiger partial charge in [0.2, 0.25) is 5.95 Å². The maximum atomic E-state index is 12.7. The summed E-state index contributed by atoms with van der Waals surface area (Å²) < 4.78 is 5.45. The van der Waals surface area contributed by atoms with Crippen molar-refractivity contribution in [2.45, 2.75) is 32.0 Å². The van der Waals surface area contributed by atoms with Gasteiger partial charge in [0.05, 0.1) is 19.2 Å². The minimum Gasteiger partial charge on any atom is -0.496 e. The van der Waals surface area contributed by atoms with E-state index in [1.54, 1.807) is 19.5 Å². The number of amides is 1. The molecule has 1 amide bonds. The second kappa shape index (κ2) is 7.52. The molecule has 2 aromatic rings. The minimum absolute atomic E-state index is 0.0140. The normalized spacial score (nSPS) is 16.9. The van der Waals surface area contributed by atoms with Crippen molar-refractivity contribution >= 4 is 11.9 Å². The van der Waals surface area contributed by atoms with Crippen molar-refractivity contribution < 1.29 is 9.53 Å². The van der Waals surface area contributed by atoms with Crippen molar-refractivity contribution in [1.29, 1.82) is 0 Å². The number of anilines is 1. The molecule has 0 aliphatic carbocycles. The molecule has 0 saturated carbocycles. The van der Waals surface area contributed by atoms with Crippen molar-refractivity contribution in [3.05, 3.63) is 47.3 Å². The Labute approximate surface area is 159 Å². The Balaban J connectivity index is 1.46.